The van der Waals surface area contributed by atoms with E-state index in [1.165, 1.54) is 33.3 Å². The number of benzene rings is 1. The molecule has 2 aromatic rings. The lowest BCUT2D eigenvalue weighted by molar-refractivity contribution is 0.265. The molecule has 0 atom stereocenters. The Morgan fingerprint density at radius 2 is 2.00 bits per heavy atom. The van der Waals surface area contributed by atoms with E-state index in [4.69, 9.17) is 10.7 Å². The van der Waals surface area contributed by atoms with Gasteiger partial charge in [-0.15, -0.1) is 0 Å². The summed E-state index contributed by atoms with van der Waals surface area (Å²) < 4.78 is 0. The maximum absolute atomic E-state index is 6.07. The molecule has 0 bridgehead atoms. The van der Waals surface area contributed by atoms with Gasteiger partial charge in [0.2, 0.25) is 0 Å². The predicted octanol–water partition coefficient (Wildman–Crippen LogP) is 2.69. The summed E-state index contributed by atoms with van der Waals surface area (Å²) >= 11 is 0. The third-order valence-corrected chi connectivity index (χ3v) is 4.60. The van der Waals surface area contributed by atoms with Gasteiger partial charge in [0.1, 0.15) is 0 Å². The molecule has 106 valence electrons. The highest BCUT2D eigenvalue weighted by molar-refractivity contribution is 5.85. The summed E-state index contributed by atoms with van der Waals surface area (Å²) in [6.45, 7) is 10.3. The van der Waals surface area contributed by atoms with E-state index in [0.717, 1.165) is 31.6 Å². The average Bonchev–Trinajstić information content (AvgIpc) is 2.46. The van der Waals surface area contributed by atoms with Crippen LogP contribution in [0.3, 0.4) is 0 Å². The van der Waals surface area contributed by atoms with E-state index >= 15 is 0 Å². The topological polar surface area (TPSA) is 42.2 Å². The molecule has 0 aliphatic carbocycles. The van der Waals surface area contributed by atoms with Crippen molar-refractivity contribution >= 4 is 10.9 Å². The maximum Gasteiger partial charge on any atom is 0.0711 e. The minimum atomic E-state index is 0.599. The van der Waals surface area contributed by atoms with Crippen LogP contribution in [0.25, 0.3) is 10.9 Å². The fraction of sp³-hybridized carbons (Fsp3) is 0.471. The van der Waals surface area contributed by atoms with Gasteiger partial charge >= 0.3 is 0 Å². The lowest BCUT2D eigenvalue weighted by atomic mass is 9.94. The molecule has 0 spiro atoms. The van der Waals surface area contributed by atoms with Crippen LogP contribution in [0.4, 0.5) is 0 Å². The molecule has 0 radical (unpaired) electrons. The van der Waals surface area contributed by atoms with E-state index < -0.39 is 0 Å². The molecule has 0 saturated carbocycles. The quantitative estimate of drug-likeness (QED) is 0.911. The van der Waals surface area contributed by atoms with Gasteiger partial charge in [0, 0.05) is 37.1 Å². The Balaban J connectivity index is 2.25. The standard InChI is InChI=1S/C17H23N3/c1-4-20-6-5-16-15(10-20)14(9-18)13-7-11(2)12(3)8-17(13)19-16/h7-8H,4-6,9-10,18H2,1-3H3. The van der Waals surface area contributed by atoms with Gasteiger partial charge < -0.3 is 5.73 Å². The summed E-state index contributed by atoms with van der Waals surface area (Å²) in [5.41, 5.74) is 13.7. The van der Waals surface area contributed by atoms with Gasteiger partial charge in [-0.05, 0) is 54.8 Å². The molecule has 0 saturated heterocycles. The van der Waals surface area contributed by atoms with Crippen molar-refractivity contribution in [3.05, 3.63) is 40.1 Å². The molecule has 0 unspecified atom stereocenters. The fourth-order valence-corrected chi connectivity index (χ4v) is 3.15. The molecule has 0 fully saturated rings. The van der Waals surface area contributed by atoms with Crippen LogP contribution in [0.15, 0.2) is 12.1 Å². The van der Waals surface area contributed by atoms with Crippen LogP contribution in [-0.2, 0) is 19.5 Å². The fourth-order valence-electron chi connectivity index (χ4n) is 3.15. The van der Waals surface area contributed by atoms with Crippen molar-refractivity contribution in [2.75, 3.05) is 13.1 Å². The van der Waals surface area contributed by atoms with E-state index in [1.54, 1.807) is 0 Å². The number of hydrogen-bond donors (Lipinski definition) is 1. The molecule has 3 rings (SSSR count). The number of aryl methyl sites for hydroxylation is 2. The Morgan fingerprint density at radius 1 is 1.25 bits per heavy atom. The molecule has 0 amide bonds. The summed E-state index contributed by atoms with van der Waals surface area (Å²) in [7, 11) is 0. The predicted molar refractivity (Wildman–Crippen MR) is 83.8 cm³/mol. The zero-order chi connectivity index (χ0) is 14.3. The number of hydrogen-bond acceptors (Lipinski definition) is 3. The Kier molecular flexibility index (Phi) is 3.48. The first-order valence-corrected chi connectivity index (χ1v) is 7.48. The number of fused-ring (bicyclic) bond motifs is 2. The molecule has 1 aromatic heterocycles. The molecule has 1 aromatic carbocycles. The molecule has 2 heterocycles. The molecular weight excluding hydrogens is 246 g/mol. The van der Waals surface area contributed by atoms with E-state index in [0.29, 0.717) is 6.54 Å². The van der Waals surface area contributed by atoms with Gasteiger partial charge in [-0.3, -0.25) is 9.88 Å². The number of likely N-dealkylation sites (N-methyl/N-ethyl adjacent to an activating group) is 1. The third kappa shape index (κ3) is 2.11. The monoisotopic (exact) mass is 269 g/mol. The maximum atomic E-state index is 6.07. The number of nitrogens with zero attached hydrogens (tertiary/aromatic N) is 2. The second kappa shape index (κ2) is 5.15. The Bertz CT molecular complexity index is 661. The first-order chi connectivity index (χ1) is 9.63. The van der Waals surface area contributed by atoms with Crippen molar-refractivity contribution in [2.45, 2.75) is 40.3 Å². The molecule has 3 heteroatoms. The van der Waals surface area contributed by atoms with Gasteiger partial charge in [0.15, 0.2) is 0 Å². The highest BCUT2D eigenvalue weighted by atomic mass is 15.1. The van der Waals surface area contributed by atoms with Gasteiger partial charge in [0.05, 0.1) is 5.52 Å². The van der Waals surface area contributed by atoms with Crippen LogP contribution < -0.4 is 5.73 Å². The number of aromatic nitrogens is 1. The third-order valence-electron chi connectivity index (χ3n) is 4.60. The largest absolute Gasteiger partial charge is 0.326 e. The number of pyridine rings is 1. The molecule has 2 N–H and O–H groups in total. The van der Waals surface area contributed by atoms with Gasteiger partial charge in [-0.1, -0.05) is 6.92 Å². The first kappa shape index (κ1) is 13.5. The Hall–Kier alpha value is -1.45. The van der Waals surface area contributed by atoms with Crippen molar-refractivity contribution < 1.29 is 0 Å². The van der Waals surface area contributed by atoms with E-state index in [2.05, 4.69) is 37.8 Å². The normalized spacial score (nSPS) is 15.6. The molecule has 20 heavy (non-hydrogen) atoms. The van der Waals surface area contributed by atoms with E-state index in [1.807, 2.05) is 0 Å². The Labute approximate surface area is 120 Å². The molecule has 3 nitrogen and oxygen atoms in total. The van der Waals surface area contributed by atoms with Crippen LogP contribution in [0.2, 0.25) is 0 Å². The second-order valence-electron chi connectivity index (χ2n) is 5.79. The van der Waals surface area contributed by atoms with Crippen LogP contribution in [0.5, 0.6) is 0 Å². The van der Waals surface area contributed by atoms with Gasteiger partial charge in [-0.25, -0.2) is 0 Å². The van der Waals surface area contributed by atoms with Crippen molar-refractivity contribution in [3.63, 3.8) is 0 Å². The second-order valence-corrected chi connectivity index (χ2v) is 5.79. The zero-order valence-corrected chi connectivity index (χ0v) is 12.7. The minimum absolute atomic E-state index is 0.599. The van der Waals surface area contributed by atoms with Crippen molar-refractivity contribution in [2.24, 2.45) is 5.73 Å². The highest BCUT2D eigenvalue weighted by Crippen LogP contribution is 2.29. The zero-order valence-electron chi connectivity index (χ0n) is 12.7. The molecular formula is C17H23N3. The van der Waals surface area contributed by atoms with E-state index in [-0.39, 0.29) is 0 Å². The van der Waals surface area contributed by atoms with Crippen LogP contribution in [0.1, 0.15) is 34.9 Å². The average molecular weight is 269 g/mol. The van der Waals surface area contributed by atoms with Gasteiger partial charge in [-0.2, -0.15) is 0 Å². The van der Waals surface area contributed by atoms with Gasteiger partial charge in [0.25, 0.3) is 0 Å². The van der Waals surface area contributed by atoms with Crippen molar-refractivity contribution in [3.8, 4) is 0 Å². The SMILES string of the molecule is CCN1CCc2nc3cc(C)c(C)cc3c(CN)c2C1. The van der Waals surface area contributed by atoms with Crippen LogP contribution in [-0.4, -0.2) is 23.0 Å². The van der Waals surface area contributed by atoms with E-state index in [9.17, 15) is 0 Å². The lowest BCUT2D eigenvalue weighted by Crippen LogP contribution is -2.32. The van der Waals surface area contributed by atoms with Crippen molar-refractivity contribution in [1.82, 2.24) is 9.88 Å². The highest BCUT2D eigenvalue weighted by Gasteiger charge is 2.21. The Morgan fingerprint density at radius 3 is 2.70 bits per heavy atom. The summed E-state index contributed by atoms with van der Waals surface area (Å²) in [5, 5.41) is 1.24. The van der Waals surface area contributed by atoms with Crippen LogP contribution in [0, 0.1) is 13.8 Å². The molecule has 1 aliphatic rings. The summed E-state index contributed by atoms with van der Waals surface area (Å²) in [6, 6.07) is 4.46. The smallest absolute Gasteiger partial charge is 0.0711 e. The lowest BCUT2D eigenvalue weighted by Gasteiger charge is -2.29. The summed E-state index contributed by atoms with van der Waals surface area (Å²) in [6.07, 6.45) is 1.04. The summed E-state index contributed by atoms with van der Waals surface area (Å²) in [4.78, 5) is 7.38. The molecule has 1 aliphatic heterocycles. The number of rotatable bonds is 2. The van der Waals surface area contributed by atoms with Crippen molar-refractivity contribution in [1.29, 1.82) is 0 Å². The number of nitrogens with two attached hydrogens (primary N) is 1. The van der Waals surface area contributed by atoms with Crippen LogP contribution >= 0.6 is 0 Å². The minimum Gasteiger partial charge on any atom is -0.326 e. The first-order valence-electron chi connectivity index (χ1n) is 7.48. The summed E-state index contributed by atoms with van der Waals surface area (Å²) in [5.74, 6) is 0.